The lowest BCUT2D eigenvalue weighted by Crippen LogP contribution is -2.57. The van der Waals surface area contributed by atoms with E-state index in [0.29, 0.717) is 16.7 Å². The number of hydrogen-bond donors (Lipinski definition) is 6. The van der Waals surface area contributed by atoms with Crippen LogP contribution in [0.5, 0.6) is 0 Å². The van der Waals surface area contributed by atoms with Crippen molar-refractivity contribution in [2.75, 3.05) is 26.9 Å². The largest absolute Gasteiger partial charge is 0.400 e. The van der Waals surface area contributed by atoms with Gasteiger partial charge >= 0.3 is 0 Å². The van der Waals surface area contributed by atoms with E-state index < -0.39 is 49.1 Å². The lowest BCUT2D eigenvalue weighted by molar-refractivity contribution is -0.265. The summed E-state index contributed by atoms with van der Waals surface area (Å²) in [5, 5.41) is 53.0. The van der Waals surface area contributed by atoms with Crippen LogP contribution >= 0.6 is 0 Å². The van der Waals surface area contributed by atoms with E-state index >= 15 is 0 Å². The average molecular weight is 515 g/mol. The van der Waals surface area contributed by atoms with Crippen molar-refractivity contribution >= 4 is 5.78 Å². The molecule has 1 spiro atoms. The van der Waals surface area contributed by atoms with Gasteiger partial charge in [0.05, 0.1) is 25.9 Å². The predicted molar refractivity (Wildman–Crippen MR) is 128 cm³/mol. The Bertz CT molecular complexity index is 846. The summed E-state index contributed by atoms with van der Waals surface area (Å²) in [4.78, 5) is 24.9. The standard InChI is InChI=1S/C24H38N2O8.CH4O/c1-21-4-13-5-23(11-22(2,10-21)24(21,6-13)12-23)25-7-16(30)18(26-32)19(17(31)8-27)34-20-15(29)3-14(28)9-33-20;1-2/h13-15,17-20,25,27-29,31H,3-12H2,1-2H3;2H,1H3/t13?,14-,15+,17+,18+,19?,20-,21?,22?,23?,24?;/m0./s1. The van der Waals surface area contributed by atoms with Crippen LogP contribution in [0.3, 0.4) is 0 Å². The highest BCUT2D eigenvalue weighted by Gasteiger charge is 2.80. The Hall–Kier alpha value is -1.05. The van der Waals surface area contributed by atoms with Crippen LogP contribution in [0, 0.1) is 27.1 Å². The Morgan fingerprint density at radius 1 is 1.14 bits per heavy atom. The van der Waals surface area contributed by atoms with Gasteiger partial charge < -0.3 is 40.3 Å². The first-order valence-corrected chi connectivity index (χ1v) is 13.0. The molecular formula is C25H42N2O9. The maximum atomic E-state index is 13.2. The Kier molecular flexibility index (Phi) is 7.71. The van der Waals surface area contributed by atoms with Crippen molar-refractivity contribution in [3.8, 4) is 0 Å². The molecule has 4 saturated carbocycles. The number of rotatable bonds is 10. The summed E-state index contributed by atoms with van der Waals surface area (Å²) in [7, 11) is 1.00. The van der Waals surface area contributed by atoms with Crippen molar-refractivity contribution in [1.29, 1.82) is 0 Å². The Morgan fingerprint density at radius 2 is 1.86 bits per heavy atom. The second kappa shape index (κ2) is 9.92. The molecule has 3 bridgehead atoms. The topological polar surface area (TPSA) is 178 Å². The first kappa shape index (κ1) is 28.0. The minimum atomic E-state index is -1.58. The van der Waals surface area contributed by atoms with E-state index in [-0.39, 0.29) is 30.5 Å². The van der Waals surface area contributed by atoms with E-state index in [4.69, 9.17) is 14.6 Å². The highest BCUT2D eigenvalue weighted by atomic mass is 16.7. The molecule has 1 aliphatic heterocycles. The third-order valence-electron chi connectivity index (χ3n) is 10.0. The summed E-state index contributed by atoms with van der Waals surface area (Å²) < 4.78 is 10.9. The van der Waals surface area contributed by atoms with E-state index in [9.17, 15) is 30.1 Å². The van der Waals surface area contributed by atoms with E-state index in [1.807, 2.05) is 0 Å². The van der Waals surface area contributed by atoms with Crippen LogP contribution in [0.25, 0.3) is 0 Å². The minimum Gasteiger partial charge on any atom is -0.400 e. The number of aliphatic hydroxyl groups is 5. The van der Waals surface area contributed by atoms with Gasteiger partial charge in [-0.05, 0) is 60.7 Å². The molecule has 11 heteroatoms. The van der Waals surface area contributed by atoms with E-state index in [1.165, 1.54) is 19.3 Å². The quantitative estimate of drug-likeness (QED) is 0.215. The van der Waals surface area contributed by atoms with Gasteiger partial charge in [-0.25, -0.2) is 0 Å². The monoisotopic (exact) mass is 514 g/mol. The highest BCUT2D eigenvalue weighted by molar-refractivity contribution is 5.87. The molecule has 5 aliphatic rings. The molecule has 5 rings (SSSR count). The summed E-state index contributed by atoms with van der Waals surface area (Å²) in [5.74, 6) is 0.119. The zero-order chi connectivity index (χ0) is 26.5. The van der Waals surface area contributed by atoms with E-state index in [2.05, 4.69) is 24.3 Å². The molecule has 0 amide bonds. The molecule has 1 saturated heterocycles. The summed E-state index contributed by atoms with van der Waals surface area (Å²) in [6.07, 6.45) is 0.432. The maximum absolute atomic E-state index is 13.2. The van der Waals surface area contributed by atoms with Crippen molar-refractivity contribution < 1.29 is 39.8 Å². The Labute approximate surface area is 211 Å². The van der Waals surface area contributed by atoms with Gasteiger partial charge in [-0.1, -0.05) is 19.0 Å². The fraction of sp³-hybridized carbons (Fsp3) is 0.960. The smallest absolute Gasteiger partial charge is 0.184 e. The van der Waals surface area contributed by atoms with Crippen LogP contribution in [0.15, 0.2) is 5.18 Å². The number of ether oxygens (including phenoxy) is 2. The molecule has 11 nitrogen and oxygen atoms in total. The van der Waals surface area contributed by atoms with Crippen LogP contribution in [-0.2, 0) is 14.3 Å². The number of Topliss-reactive ketones (excluding diaryl/α,β-unsaturated/α-hetero) is 1. The lowest BCUT2D eigenvalue weighted by Gasteiger charge is -2.64. The summed E-state index contributed by atoms with van der Waals surface area (Å²) in [6, 6.07) is -1.58. The van der Waals surface area contributed by atoms with Gasteiger partial charge in [0.2, 0.25) is 0 Å². The van der Waals surface area contributed by atoms with Crippen molar-refractivity contribution in [1.82, 2.24) is 5.32 Å². The first-order chi connectivity index (χ1) is 17.0. The van der Waals surface area contributed by atoms with Gasteiger partial charge in [0.15, 0.2) is 18.1 Å². The molecule has 206 valence electrons. The summed E-state index contributed by atoms with van der Waals surface area (Å²) >= 11 is 0. The lowest BCUT2D eigenvalue weighted by atomic mass is 9.40. The van der Waals surface area contributed by atoms with Crippen LogP contribution in [-0.4, -0.2) is 100 Å². The third-order valence-corrected chi connectivity index (χ3v) is 10.0. The van der Waals surface area contributed by atoms with Crippen molar-refractivity contribution in [3.63, 3.8) is 0 Å². The SMILES string of the molecule is CC12CC3CC4(NCC(=O)[C@@H](N=O)C(O[C@@H]5OC[C@@H](O)C[C@H]5O)[C@H](O)CO)CC(C)(C1)C2(C3)C4.CO. The molecule has 4 aliphatic carbocycles. The van der Waals surface area contributed by atoms with Gasteiger partial charge in [0, 0.05) is 19.1 Å². The van der Waals surface area contributed by atoms with Crippen molar-refractivity contribution in [2.24, 2.45) is 27.3 Å². The van der Waals surface area contributed by atoms with E-state index in [0.717, 1.165) is 26.4 Å². The molecule has 36 heavy (non-hydrogen) atoms. The molecule has 0 aromatic carbocycles. The number of ketones is 1. The van der Waals surface area contributed by atoms with Gasteiger partial charge in [0.1, 0.15) is 18.3 Å². The molecule has 6 unspecified atom stereocenters. The van der Waals surface area contributed by atoms with Crippen molar-refractivity contribution in [2.45, 2.75) is 101 Å². The fourth-order valence-electron chi connectivity index (χ4n) is 9.16. The third kappa shape index (κ3) is 4.25. The number of hydrogen-bond acceptors (Lipinski definition) is 11. The number of nitrogens with zero attached hydrogens (tertiary/aromatic N) is 1. The number of nitrogens with one attached hydrogen (secondary N) is 1. The number of carbonyl (C=O) groups is 1. The second-order valence-electron chi connectivity index (χ2n) is 12.4. The molecule has 11 atom stereocenters. The molecule has 0 aromatic rings. The summed E-state index contributed by atoms with van der Waals surface area (Å²) in [6.45, 7) is 3.87. The molecule has 0 aromatic heterocycles. The molecular weight excluding hydrogens is 472 g/mol. The van der Waals surface area contributed by atoms with Crippen molar-refractivity contribution in [3.05, 3.63) is 4.91 Å². The minimum absolute atomic E-state index is 0.00951. The predicted octanol–water partition coefficient (Wildman–Crippen LogP) is -0.156. The number of aliphatic hydroxyl groups excluding tert-OH is 5. The van der Waals surface area contributed by atoms with Crippen LogP contribution in [0.1, 0.15) is 58.8 Å². The van der Waals surface area contributed by atoms with Crippen LogP contribution in [0.2, 0.25) is 0 Å². The highest BCUT2D eigenvalue weighted by Crippen LogP contribution is 2.86. The van der Waals surface area contributed by atoms with Crippen LogP contribution < -0.4 is 5.32 Å². The Morgan fingerprint density at radius 3 is 2.50 bits per heavy atom. The molecule has 1 heterocycles. The molecule has 5 fully saturated rings. The van der Waals surface area contributed by atoms with Crippen LogP contribution in [0.4, 0.5) is 0 Å². The molecule has 6 N–H and O–H groups in total. The number of carbonyl (C=O) groups excluding carboxylic acids is 1. The second-order valence-corrected chi connectivity index (χ2v) is 12.4. The number of nitroso groups, excluding NO2 is 1. The van der Waals surface area contributed by atoms with Gasteiger partial charge in [-0.15, -0.1) is 4.91 Å². The fourth-order valence-corrected chi connectivity index (χ4v) is 9.16. The molecule has 0 radical (unpaired) electrons. The normalized spacial score (nSPS) is 46.7. The van der Waals surface area contributed by atoms with Gasteiger partial charge in [0.25, 0.3) is 0 Å². The van der Waals surface area contributed by atoms with Gasteiger partial charge in [-0.3, -0.25) is 4.79 Å². The number of fused-ring (bicyclic) bond motifs is 2. The Balaban J connectivity index is 0.00000148. The van der Waals surface area contributed by atoms with Gasteiger partial charge in [-0.2, -0.15) is 0 Å². The maximum Gasteiger partial charge on any atom is 0.184 e. The summed E-state index contributed by atoms with van der Waals surface area (Å²) in [5.41, 5.74) is 0.865. The zero-order valence-electron chi connectivity index (χ0n) is 21.4. The first-order valence-electron chi connectivity index (χ1n) is 13.0. The average Bonchev–Trinajstić information content (AvgIpc) is 3.11. The zero-order valence-corrected chi connectivity index (χ0v) is 21.4. The van der Waals surface area contributed by atoms with E-state index in [1.54, 1.807) is 0 Å².